The summed E-state index contributed by atoms with van der Waals surface area (Å²) < 4.78 is 27.2. The van der Waals surface area contributed by atoms with Gasteiger partial charge in [0.2, 0.25) is 5.95 Å². The van der Waals surface area contributed by atoms with Crippen LogP contribution >= 0.6 is 0 Å². The first-order valence-corrected chi connectivity index (χ1v) is 9.17. The first-order chi connectivity index (χ1) is 13.4. The summed E-state index contributed by atoms with van der Waals surface area (Å²) >= 11 is 0. The zero-order valence-electron chi connectivity index (χ0n) is 15.4. The SMILES string of the molecule is C[C@H](Nc1ncc(C(=O)N2CCN3CC(F)(F)C[C@H]3C2)cn1)c1cnccn1. The van der Waals surface area contributed by atoms with Crippen LogP contribution < -0.4 is 5.32 Å². The number of amides is 1. The summed E-state index contributed by atoms with van der Waals surface area (Å²) in [6.45, 7) is 2.88. The minimum Gasteiger partial charge on any atom is -0.346 e. The highest BCUT2D eigenvalue weighted by Gasteiger charge is 2.47. The highest BCUT2D eigenvalue weighted by molar-refractivity contribution is 5.93. The molecule has 2 aromatic rings. The van der Waals surface area contributed by atoms with Crippen LogP contribution in [0.15, 0.2) is 31.0 Å². The molecule has 4 heterocycles. The maximum atomic E-state index is 13.6. The van der Waals surface area contributed by atoms with Gasteiger partial charge >= 0.3 is 0 Å². The van der Waals surface area contributed by atoms with E-state index in [4.69, 9.17) is 0 Å². The lowest BCUT2D eigenvalue weighted by molar-refractivity contribution is 0.0121. The summed E-state index contributed by atoms with van der Waals surface area (Å²) in [5.41, 5.74) is 1.09. The van der Waals surface area contributed by atoms with Gasteiger partial charge in [-0.05, 0) is 6.92 Å². The number of hydrogen-bond acceptors (Lipinski definition) is 7. The number of nitrogens with one attached hydrogen (secondary N) is 1. The summed E-state index contributed by atoms with van der Waals surface area (Å²) in [5.74, 6) is -2.53. The number of rotatable bonds is 4. The zero-order valence-corrected chi connectivity index (χ0v) is 15.4. The van der Waals surface area contributed by atoms with Crippen LogP contribution in [0.25, 0.3) is 0 Å². The Morgan fingerprint density at radius 2 is 2.00 bits per heavy atom. The van der Waals surface area contributed by atoms with Crippen molar-refractivity contribution in [1.29, 1.82) is 0 Å². The van der Waals surface area contributed by atoms with Crippen molar-refractivity contribution >= 4 is 11.9 Å². The molecule has 0 unspecified atom stereocenters. The van der Waals surface area contributed by atoms with E-state index in [1.807, 2.05) is 6.92 Å². The van der Waals surface area contributed by atoms with Gasteiger partial charge in [-0.3, -0.25) is 19.7 Å². The molecule has 28 heavy (non-hydrogen) atoms. The lowest BCUT2D eigenvalue weighted by atomic mass is 10.1. The highest BCUT2D eigenvalue weighted by Crippen LogP contribution is 2.34. The zero-order chi connectivity index (χ0) is 19.7. The fourth-order valence-corrected chi connectivity index (χ4v) is 3.68. The molecule has 1 amide bonds. The number of carbonyl (C=O) groups is 1. The van der Waals surface area contributed by atoms with E-state index < -0.39 is 5.92 Å². The Balaban J connectivity index is 1.38. The van der Waals surface area contributed by atoms with Gasteiger partial charge < -0.3 is 10.2 Å². The third kappa shape index (κ3) is 3.91. The van der Waals surface area contributed by atoms with E-state index in [0.29, 0.717) is 31.1 Å². The van der Waals surface area contributed by atoms with Crippen molar-refractivity contribution in [3.05, 3.63) is 42.2 Å². The molecule has 2 atom stereocenters. The summed E-state index contributed by atoms with van der Waals surface area (Å²) in [7, 11) is 0. The van der Waals surface area contributed by atoms with Gasteiger partial charge in [-0.1, -0.05) is 0 Å². The molecule has 2 aliphatic rings. The van der Waals surface area contributed by atoms with Gasteiger partial charge in [0.15, 0.2) is 0 Å². The molecule has 2 aliphatic heterocycles. The number of alkyl halides is 2. The number of piperazine rings is 1. The molecular formula is C18H21F2N7O. The summed E-state index contributed by atoms with van der Waals surface area (Å²) in [6.07, 6.45) is 7.57. The molecule has 2 fully saturated rings. The molecule has 2 saturated heterocycles. The number of anilines is 1. The van der Waals surface area contributed by atoms with Crippen LogP contribution in [0.1, 0.15) is 35.4 Å². The van der Waals surface area contributed by atoms with Gasteiger partial charge in [-0.25, -0.2) is 18.7 Å². The molecule has 0 aliphatic carbocycles. The molecule has 10 heteroatoms. The Hall–Kier alpha value is -2.75. The van der Waals surface area contributed by atoms with E-state index in [0.717, 1.165) is 5.69 Å². The molecule has 0 aromatic carbocycles. The Labute approximate surface area is 161 Å². The minimum atomic E-state index is -2.67. The molecule has 2 aromatic heterocycles. The van der Waals surface area contributed by atoms with Gasteiger partial charge in [-0.15, -0.1) is 0 Å². The van der Waals surface area contributed by atoms with Gasteiger partial charge in [0.1, 0.15) is 0 Å². The Morgan fingerprint density at radius 3 is 2.71 bits per heavy atom. The second-order valence-corrected chi connectivity index (χ2v) is 7.23. The van der Waals surface area contributed by atoms with Crippen LogP contribution in [0.5, 0.6) is 0 Å². The Morgan fingerprint density at radius 1 is 1.21 bits per heavy atom. The van der Waals surface area contributed by atoms with Crippen LogP contribution in [-0.2, 0) is 0 Å². The fourth-order valence-electron chi connectivity index (χ4n) is 3.68. The lowest BCUT2D eigenvalue weighted by Crippen LogP contribution is -2.52. The molecule has 148 valence electrons. The second-order valence-electron chi connectivity index (χ2n) is 7.23. The van der Waals surface area contributed by atoms with E-state index in [-0.39, 0.29) is 31.0 Å². The molecular weight excluding hydrogens is 368 g/mol. The van der Waals surface area contributed by atoms with E-state index in [1.54, 1.807) is 28.4 Å². The van der Waals surface area contributed by atoms with Crippen molar-refractivity contribution in [2.75, 3.05) is 31.5 Å². The topological polar surface area (TPSA) is 87.1 Å². The Bertz CT molecular complexity index is 834. The second kappa shape index (κ2) is 7.34. The van der Waals surface area contributed by atoms with Crippen LogP contribution in [0.4, 0.5) is 14.7 Å². The minimum absolute atomic E-state index is 0.146. The van der Waals surface area contributed by atoms with Crippen molar-refractivity contribution in [3.63, 3.8) is 0 Å². The van der Waals surface area contributed by atoms with Gasteiger partial charge in [0, 0.05) is 56.9 Å². The maximum Gasteiger partial charge on any atom is 0.262 e. The van der Waals surface area contributed by atoms with Crippen molar-refractivity contribution in [1.82, 2.24) is 29.7 Å². The van der Waals surface area contributed by atoms with Crippen molar-refractivity contribution in [2.24, 2.45) is 0 Å². The molecule has 0 radical (unpaired) electrons. The van der Waals surface area contributed by atoms with E-state index in [9.17, 15) is 13.6 Å². The van der Waals surface area contributed by atoms with Gasteiger partial charge in [0.25, 0.3) is 11.8 Å². The third-order valence-corrected chi connectivity index (χ3v) is 5.13. The molecule has 0 spiro atoms. The predicted molar refractivity (Wildman–Crippen MR) is 96.9 cm³/mol. The van der Waals surface area contributed by atoms with E-state index >= 15 is 0 Å². The third-order valence-electron chi connectivity index (χ3n) is 5.13. The Kier molecular flexibility index (Phi) is 4.88. The summed E-state index contributed by atoms with van der Waals surface area (Å²) in [5, 5.41) is 3.10. The number of aromatic nitrogens is 4. The number of carbonyl (C=O) groups excluding carboxylic acids is 1. The molecule has 1 N–H and O–H groups in total. The number of fused-ring (bicyclic) bond motifs is 1. The van der Waals surface area contributed by atoms with E-state index in [1.165, 1.54) is 12.4 Å². The standard InChI is InChI=1S/C18H21F2N7O/c1-12(15-9-21-2-3-22-15)25-17-23-7-13(8-24-17)16(28)26-4-5-27-11-18(19,20)6-14(27)10-26/h2-3,7-9,12,14H,4-6,10-11H2,1H3,(H,23,24,25)/t12-,14-/m0/s1. The molecule has 4 rings (SSSR count). The van der Waals surface area contributed by atoms with Gasteiger partial charge in [-0.2, -0.15) is 0 Å². The maximum absolute atomic E-state index is 13.6. The molecule has 8 nitrogen and oxygen atoms in total. The van der Waals surface area contributed by atoms with Gasteiger partial charge in [0.05, 0.1) is 30.0 Å². The van der Waals surface area contributed by atoms with Crippen molar-refractivity contribution in [2.45, 2.75) is 31.4 Å². The largest absolute Gasteiger partial charge is 0.346 e. The summed E-state index contributed by atoms with van der Waals surface area (Å²) in [4.78, 5) is 32.7. The normalized spacial score (nSPS) is 22.5. The average Bonchev–Trinajstić information content (AvgIpc) is 3.01. The van der Waals surface area contributed by atoms with Crippen LogP contribution in [0.2, 0.25) is 0 Å². The van der Waals surface area contributed by atoms with Crippen molar-refractivity contribution in [3.8, 4) is 0 Å². The van der Waals surface area contributed by atoms with Crippen LogP contribution in [0, 0.1) is 0 Å². The monoisotopic (exact) mass is 389 g/mol. The fraction of sp³-hybridized carbons (Fsp3) is 0.500. The smallest absolute Gasteiger partial charge is 0.262 e. The summed E-state index contributed by atoms with van der Waals surface area (Å²) in [6, 6.07) is -0.435. The average molecular weight is 389 g/mol. The first-order valence-electron chi connectivity index (χ1n) is 9.17. The predicted octanol–water partition coefficient (Wildman–Crippen LogP) is 1.61. The molecule has 0 saturated carbocycles. The van der Waals surface area contributed by atoms with Crippen LogP contribution in [-0.4, -0.2) is 73.8 Å². The number of nitrogens with zero attached hydrogens (tertiary/aromatic N) is 6. The quantitative estimate of drug-likeness (QED) is 0.850. The first kappa shape index (κ1) is 18.6. The lowest BCUT2D eigenvalue weighted by Gasteiger charge is -2.36. The highest BCUT2D eigenvalue weighted by atomic mass is 19.3. The van der Waals surface area contributed by atoms with Crippen LogP contribution in [0.3, 0.4) is 0 Å². The van der Waals surface area contributed by atoms with Crippen molar-refractivity contribution < 1.29 is 13.6 Å². The number of halogens is 2. The number of hydrogen-bond donors (Lipinski definition) is 1. The van der Waals surface area contributed by atoms with E-state index in [2.05, 4.69) is 25.3 Å². The molecule has 0 bridgehead atoms.